The van der Waals surface area contributed by atoms with Crippen LogP contribution in [0.25, 0.3) is 0 Å². The average molecular weight is 311 g/mol. The van der Waals surface area contributed by atoms with Crippen LogP contribution in [0.5, 0.6) is 5.75 Å². The summed E-state index contributed by atoms with van der Waals surface area (Å²) < 4.78 is 5.32. The van der Waals surface area contributed by atoms with E-state index in [0.717, 1.165) is 0 Å². The average Bonchev–Trinajstić information content (AvgIpc) is 2.40. The van der Waals surface area contributed by atoms with Crippen LogP contribution in [0.15, 0.2) is 42.5 Å². The minimum Gasteiger partial charge on any atom is -0.484 e. The third-order valence-corrected chi connectivity index (χ3v) is 2.92. The third-order valence-electron chi connectivity index (χ3n) is 2.45. The minimum absolute atomic E-state index is 0.136. The fourth-order valence-electron chi connectivity index (χ4n) is 1.54. The lowest BCUT2D eigenvalue weighted by Gasteiger charge is -2.09. The maximum Gasteiger partial charge on any atom is 0.262 e. The SMILES string of the molecule is Nc1cc(Cl)ccc1NC(=O)COc1cccc(Cl)c1. The highest BCUT2D eigenvalue weighted by molar-refractivity contribution is 6.31. The second-order valence-electron chi connectivity index (χ2n) is 4.03. The van der Waals surface area contributed by atoms with E-state index >= 15 is 0 Å². The number of amides is 1. The summed E-state index contributed by atoms with van der Waals surface area (Å²) in [5.41, 5.74) is 6.63. The van der Waals surface area contributed by atoms with Crippen molar-refractivity contribution in [2.75, 3.05) is 17.7 Å². The predicted octanol–water partition coefficient (Wildman–Crippen LogP) is 3.59. The maximum atomic E-state index is 11.8. The quantitative estimate of drug-likeness (QED) is 0.848. The first-order valence-electron chi connectivity index (χ1n) is 5.78. The first-order chi connectivity index (χ1) is 9.54. The molecule has 0 unspecified atom stereocenters. The maximum absolute atomic E-state index is 11.8. The van der Waals surface area contributed by atoms with Gasteiger partial charge in [0.15, 0.2) is 6.61 Å². The molecule has 0 radical (unpaired) electrons. The van der Waals surface area contributed by atoms with Crippen molar-refractivity contribution in [1.82, 2.24) is 0 Å². The molecule has 4 nitrogen and oxygen atoms in total. The number of hydrogen-bond acceptors (Lipinski definition) is 3. The van der Waals surface area contributed by atoms with Gasteiger partial charge in [0.2, 0.25) is 0 Å². The van der Waals surface area contributed by atoms with Crippen LogP contribution >= 0.6 is 23.2 Å². The fraction of sp³-hybridized carbons (Fsp3) is 0.0714. The van der Waals surface area contributed by atoms with E-state index in [4.69, 9.17) is 33.7 Å². The molecule has 0 spiro atoms. The van der Waals surface area contributed by atoms with Crippen LogP contribution < -0.4 is 15.8 Å². The number of hydrogen-bond donors (Lipinski definition) is 2. The zero-order chi connectivity index (χ0) is 14.5. The summed E-state index contributed by atoms with van der Waals surface area (Å²) in [6.45, 7) is -0.136. The molecule has 104 valence electrons. The predicted molar refractivity (Wildman–Crippen MR) is 81.4 cm³/mol. The molecule has 0 aromatic heterocycles. The Balaban J connectivity index is 1.92. The first kappa shape index (κ1) is 14.5. The van der Waals surface area contributed by atoms with Crippen molar-refractivity contribution in [3.63, 3.8) is 0 Å². The van der Waals surface area contributed by atoms with Crippen molar-refractivity contribution >= 4 is 40.5 Å². The van der Waals surface area contributed by atoms with E-state index in [9.17, 15) is 4.79 Å². The van der Waals surface area contributed by atoms with Crippen molar-refractivity contribution in [2.24, 2.45) is 0 Å². The summed E-state index contributed by atoms with van der Waals surface area (Å²) in [5, 5.41) is 3.70. The number of halogens is 2. The van der Waals surface area contributed by atoms with Crippen LogP contribution in [0, 0.1) is 0 Å². The number of nitrogens with one attached hydrogen (secondary N) is 1. The summed E-state index contributed by atoms with van der Waals surface area (Å²) >= 11 is 11.6. The lowest BCUT2D eigenvalue weighted by molar-refractivity contribution is -0.118. The molecular weight excluding hydrogens is 299 g/mol. The number of carbonyl (C=O) groups excluding carboxylic acids is 1. The number of benzene rings is 2. The molecule has 0 saturated carbocycles. The Hall–Kier alpha value is -1.91. The lowest BCUT2D eigenvalue weighted by Crippen LogP contribution is -2.20. The molecule has 20 heavy (non-hydrogen) atoms. The Morgan fingerprint density at radius 3 is 2.60 bits per heavy atom. The van der Waals surface area contributed by atoms with Gasteiger partial charge in [-0.25, -0.2) is 0 Å². The van der Waals surface area contributed by atoms with Crippen LogP contribution in [-0.4, -0.2) is 12.5 Å². The summed E-state index contributed by atoms with van der Waals surface area (Å²) in [5.74, 6) is 0.204. The molecule has 0 aliphatic heterocycles. The van der Waals surface area contributed by atoms with Gasteiger partial charge in [0.1, 0.15) is 5.75 Å². The zero-order valence-corrected chi connectivity index (χ0v) is 11.9. The molecular formula is C14H12Cl2N2O2. The van der Waals surface area contributed by atoms with Crippen LogP contribution in [-0.2, 0) is 4.79 Å². The van der Waals surface area contributed by atoms with E-state index in [1.165, 1.54) is 0 Å². The van der Waals surface area contributed by atoms with Gasteiger partial charge in [0, 0.05) is 10.0 Å². The van der Waals surface area contributed by atoms with Gasteiger partial charge in [-0.2, -0.15) is 0 Å². The molecule has 0 saturated heterocycles. The number of rotatable bonds is 4. The van der Waals surface area contributed by atoms with E-state index < -0.39 is 0 Å². The molecule has 0 heterocycles. The zero-order valence-electron chi connectivity index (χ0n) is 10.4. The Labute approximate surface area is 126 Å². The highest BCUT2D eigenvalue weighted by Crippen LogP contribution is 2.22. The standard InChI is InChI=1S/C14H12Cl2N2O2/c15-9-2-1-3-11(6-9)20-8-14(19)18-13-5-4-10(16)7-12(13)17/h1-7H,8,17H2,(H,18,19). The lowest BCUT2D eigenvalue weighted by atomic mass is 10.2. The van der Waals surface area contributed by atoms with Gasteiger partial charge < -0.3 is 15.8 Å². The molecule has 2 aromatic carbocycles. The number of carbonyl (C=O) groups is 1. The molecule has 6 heteroatoms. The van der Waals surface area contributed by atoms with Gasteiger partial charge in [-0.05, 0) is 36.4 Å². The normalized spacial score (nSPS) is 10.1. The van der Waals surface area contributed by atoms with E-state index in [-0.39, 0.29) is 12.5 Å². The highest BCUT2D eigenvalue weighted by atomic mass is 35.5. The van der Waals surface area contributed by atoms with Crippen LogP contribution in [0.1, 0.15) is 0 Å². The van der Waals surface area contributed by atoms with E-state index in [1.54, 1.807) is 42.5 Å². The summed E-state index contributed by atoms with van der Waals surface area (Å²) in [4.78, 5) is 11.8. The van der Waals surface area contributed by atoms with Gasteiger partial charge in [0.05, 0.1) is 11.4 Å². The molecule has 0 aliphatic carbocycles. The van der Waals surface area contributed by atoms with Gasteiger partial charge in [-0.1, -0.05) is 29.3 Å². The Morgan fingerprint density at radius 1 is 1.15 bits per heavy atom. The second-order valence-corrected chi connectivity index (χ2v) is 4.90. The Bertz CT molecular complexity index is 632. The Morgan fingerprint density at radius 2 is 1.90 bits per heavy atom. The third kappa shape index (κ3) is 4.05. The molecule has 3 N–H and O–H groups in total. The number of nitrogen functional groups attached to an aromatic ring is 1. The number of ether oxygens (including phenoxy) is 1. The molecule has 0 atom stereocenters. The fourth-order valence-corrected chi connectivity index (χ4v) is 1.90. The van der Waals surface area contributed by atoms with Crippen molar-refractivity contribution in [3.8, 4) is 5.75 Å². The highest BCUT2D eigenvalue weighted by Gasteiger charge is 2.07. The van der Waals surface area contributed by atoms with Crippen LogP contribution in [0.3, 0.4) is 0 Å². The van der Waals surface area contributed by atoms with Gasteiger partial charge in [-0.3, -0.25) is 4.79 Å². The molecule has 0 fully saturated rings. The van der Waals surface area contributed by atoms with Crippen molar-refractivity contribution in [1.29, 1.82) is 0 Å². The molecule has 1 amide bonds. The smallest absolute Gasteiger partial charge is 0.262 e. The van der Waals surface area contributed by atoms with E-state index in [1.807, 2.05) is 0 Å². The van der Waals surface area contributed by atoms with Crippen molar-refractivity contribution in [2.45, 2.75) is 0 Å². The molecule has 2 aromatic rings. The molecule has 0 bridgehead atoms. The summed E-state index contributed by atoms with van der Waals surface area (Å²) in [6.07, 6.45) is 0. The molecule has 0 aliphatic rings. The van der Waals surface area contributed by atoms with Crippen LogP contribution in [0.2, 0.25) is 10.0 Å². The van der Waals surface area contributed by atoms with Crippen molar-refractivity contribution < 1.29 is 9.53 Å². The summed E-state index contributed by atoms with van der Waals surface area (Å²) in [6, 6.07) is 11.7. The number of nitrogens with two attached hydrogens (primary N) is 1. The molecule has 2 rings (SSSR count). The van der Waals surface area contributed by atoms with E-state index in [0.29, 0.717) is 27.2 Å². The van der Waals surface area contributed by atoms with Crippen LogP contribution in [0.4, 0.5) is 11.4 Å². The van der Waals surface area contributed by atoms with E-state index in [2.05, 4.69) is 5.32 Å². The summed E-state index contributed by atoms with van der Waals surface area (Å²) in [7, 11) is 0. The van der Waals surface area contributed by atoms with Gasteiger partial charge in [-0.15, -0.1) is 0 Å². The number of anilines is 2. The minimum atomic E-state index is -0.320. The van der Waals surface area contributed by atoms with Gasteiger partial charge in [0.25, 0.3) is 5.91 Å². The Kier molecular flexibility index (Phi) is 4.71. The largest absolute Gasteiger partial charge is 0.484 e. The first-order valence-corrected chi connectivity index (χ1v) is 6.53. The van der Waals surface area contributed by atoms with Crippen molar-refractivity contribution in [3.05, 3.63) is 52.5 Å². The van der Waals surface area contributed by atoms with Gasteiger partial charge >= 0.3 is 0 Å². The topological polar surface area (TPSA) is 64.3 Å². The second kappa shape index (κ2) is 6.50. The monoisotopic (exact) mass is 310 g/mol.